The van der Waals surface area contributed by atoms with Crippen LogP contribution in [0.15, 0.2) is 0 Å². The van der Waals surface area contributed by atoms with Crippen molar-refractivity contribution in [3.05, 3.63) is 0 Å². The number of likely N-dealkylation sites (tertiary alicyclic amines) is 1. The van der Waals surface area contributed by atoms with Gasteiger partial charge in [0.25, 0.3) is 0 Å². The fraction of sp³-hybridized carbons (Fsp3) is 0.900. The minimum Gasteiger partial charge on any atom is -0.480 e. The number of hydrogen-bond donors (Lipinski definition) is 3. The van der Waals surface area contributed by atoms with Crippen LogP contribution in [-0.2, 0) is 9.59 Å². The third kappa shape index (κ3) is 3.50. The molecule has 4 rings (SSSR count). The van der Waals surface area contributed by atoms with E-state index in [4.69, 9.17) is 0 Å². The molecule has 3 N–H and O–H groups in total. The fourth-order valence-corrected chi connectivity index (χ4v) is 5.92. The molecular weight excluding hydrogens is 330 g/mol. The van der Waals surface area contributed by atoms with Crippen molar-refractivity contribution in [2.45, 2.75) is 69.9 Å². The van der Waals surface area contributed by atoms with Gasteiger partial charge in [0.05, 0.1) is 6.04 Å². The summed E-state index contributed by atoms with van der Waals surface area (Å²) in [6, 6.07) is -0.819. The van der Waals surface area contributed by atoms with Crippen molar-refractivity contribution in [2.24, 2.45) is 17.3 Å². The molecule has 0 radical (unpaired) electrons. The zero-order valence-corrected chi connectivity index (χ0v) is 15.7. The first kappa shape index (κ1) is 18.2. The second-order valence-electron chi connectivity index (χ2n) is 9.13. The van der Waals surface area contributed by atoms with Crippen molar-refractivity contribution in [1.29, 1.82) is 0 Å². The molecule has 3 aliphatic heterocycles. The van der Waals surface area contributed by atoms with Crippen molar-refractivity contribution >= 4 is 11.9 Å². The lowest BCUT2D eigenvalue weighted by molar-refractivity contribution is -0.149. The van der Waals surface area contributed by atoms with Crippen molar-refractivity contribution in [3.8, 4) is 0 Å². The van der Waals surface area contributed by atoms with Crippen LogP contribution < -0.4 is 10.6 Å². The smallest absolute Gasteiger partial charge is 0.326 e. The molecule has 1 saturated carbocycles. The molecule has 0 aromatic rings. The molecule has 3 unspecified atom stereocenters. The summed E-state index contributed by atoms with van der Waals surface area (Å²) < 4.78 is 0. The van der Waals surface area contributed by atoms with E-state index >= 15 is 0 Å². The van der Waals surface area contributed by atoms with Crippen LogP contribution in [0.2, 0.25) is 0 Å². The van der Waals surface area contributed by atoms with Gasteiger partial charge in [-0.15, -0.1) is 0 Å². The maximum atomic E-state index is 13.2. The van der Waals surface area contributed by atoms with E-state index in [2.05, 4.69) is 10.6 Å². The average Bonchev–Trinajstić information content (AvgIpc) is 3.28. The van der Waals surface area contributed by atoms with Crippen molar-refractivity contribution in [2.75, 3.05) is 26.2 Å². The molecule has 1 aliphatic carbocycles. The predicted octanol–water partition coefficient (Wildman–Crippen LogP) is 1.60. The summed E-state index contributed by atoms with van der Waals surface area (Å²) in [5, 5.41) is 16.5. The van der Waals surface area contributed by atoms with E-state index in [1.54, 1.807) is 4.90 Å². The summed E-state index contributed by atoms with van der Waals surface area (Å²) in [5.41, 5.74) is 0.229. The highest BCUT2D eigenvalue weighted by Crippen LogP contribution is 2.41. The van der Waals surface area contributed by atoms with Crippen LogP contribution in [0, 0.1) is 17.3 Å². The van der Waals surface area contributed by atoms with Crippen LogP contribution in [0.1, 0.15) is 57.8 Å². The highest BCUT2D eigenvalue weighted by molar-refractivity contribution is 5.88. The Morgan fingerprint density at radius 1 is 1.04 bits per heavy atom. The van der Waals surface area contributed by atoms with Gasteiger partial charge in [0.1, 0.15) is 6.04 Å². The largest absolute Gasteiger partial charge is 0.480 e. The Labute approximate surface area is 156 Å². The van der Waals surface area contributed by atoms with E-state index < -0.39 is 12.0 Å². The molecule has 1 spiro atoms. The Bertz CT molecular complexity index is 540. The van der Waals surface area contributed by atoms with Crippen LogP contribution >= 0.6 is 0 Å². The molecule has 6 heteroatoms. The zero-order valence-electron chi connectivity index (χ0n) is 15.7. The number of piperidine rings is 1. The molecule has 0 aromatic heterocycles. The quantitative estimate of drug-likeness (QED) is 0.710. The number of nitrogens with one attached hydrogen (secondary N) is 2. The Morgan fingerprint density at radius 3 is 2.46 bits per heavy atom. The summed E-state index contributed by atoms with van der Waals surface area (Å²) in [6.07, 6.45) is 9.96. The molecule has 3 saturated heterocycles. The molecular formula is C20H33N3O3. The maximum absolute atomic E-state index is 13.2. The summed E-state index contributed by atoms with van der Waals surface area (Å²) in [7, 11) is 0. The third-order valence-electron chi connectivity index (χ3n) is 7.54. The first-order chi connectivity index (χ1) is 12.6. The van der Waals surface area contributed by atoms with E-state index in [-0.39, 0.29) is 17.4 Å². The van der Waals surface area contributed by atoms with Crippen molar-refractivity contribution in [1.82, 2.24) is 15.5 Å². The molecule has 0 bridgehead atoms. The van der Waals surface area contributed by atoms with Gasteiger partial charge < -0.3 is 20.6 Å². The van der Waals surface area contributed by atoms with Crippen LogP contribution in [0.3, 0.4) is 0 Å². The normalized spacial score (nSPS) is 35.1. The summed E-state index contributed by atoms with van der Waals surface area (Å²) in [5.74, 6) is 0.183. The van der Waals surface area contributed by atoms with Crippen LogP contribution in [-0.4, -0.2) is 60.1 Å². The van der Waals surface area contributed by atoms with E-state index in [9.17, 15) is 14.7 Å². The minimum atomic E-state index is -0.828. The molecule has 146 valence electrons. The lowest BCUT2D eigenvalue weighted by Gasteiger charge is -2.33. The van der Waals surface area contributed by atoms with Crippen LogP contribution in [0.5, 0.6) is 0 Å². The number of hydrogen-bond acceptors (Lipinski definition) is 4. The van der Waals surface area contributed by atoms with E-state index in [0.717, 1.165) is 38.9 Å². The van der Waals surface area contributed by atoms with Gasteiger partial charge in [0.15, 0.2) is 0 Å². The average molecular weight is 364 g/mol. The second-order valence-corrected chi connectivity index (χ2v) is 9.13. The molecule has 4 fully saturated rings. The number of nitrogens with zero attached hydrogens (tertiary/aromatic N) is 1. The van der Waals surface area contributed by atoms with E-state index in [1.165, 1.54) is 32.1 Å². The van der Waals surface area contributed by atoms with Crippen LogP contribution in [0.4, 0.5) is 0 Å². The van der Waals surface area contributed by atoms with Gasteiger partial charge in [-0.3, -0.25) is 4.79 Å². The molecule has 3 atom stereocenters. The number of carbonyl (C=O) groups excluding carboxylic acids is 1. The molecule has 26 heavy (non-hydrogen) atoms. The van der Waals surface area contributed by atoms with Gasteiger partial charge >= 0.3 is 5.97 Å². The predicted molar refractivity (Wildman–Crippen MR) is 98.8 cm³/mol. The number of rotatable bonds is 3. The van der Waals surface area contributed by atoms with E-state index in [0.29, 0.717) is 24.8 Å². The summed E-state index contributed by atoms with van der Waals surface area (Å²) >= 11 is 0. The highest BCUT2D eigenvalue weighted by atomic mass is 16.4. The Kier molecular flexibility index (Phi) is 5.24. The summed E-state index contributed by atoms with van der Waals surface area (Å²) in [4.78, 5) is 26.7. The number of carboxylic acid groups (broad SMARTS) is 1. The highest BCUT2D eigenvalue weighted by Gasteiger charge is 2.48. The first-order valence-corrected chi connectivity index (χ1v) is 10.6. The van der Waals surface area contributed by atoms with Crippen molar-refractivity contribution in [3.63, 3.8) is 0 Å². The minimum absolute atomic E-state index is 0.0334. The number of aliphatic carboxylic acids is 1. The second kappa shape index (κ2) is 7.47. The fourth-order valence-electron chi connectivity index (χ4n) is 5.92. The van der Waals surface area contributed by atoms with Gasteiger partial charge in [-0.05, 0) is 56.0 Å². The van der Waals surface area contributed by atoms with Crippen molar-refractivity contribution < 1.29 is 14.7 Å². The number of amides is 1. The topological polar surface area (TPSA) is 81.7 Å². The lowest BCUT2D eigenvalue weighted by atomic mass is 9.77. The number of carbonyl (C=O) groups is 2. The van der Waals surface area contributed by atoms with Gasteiger partial charge in [-0.25, -0.2) is 4.79 Å². The van der Waals surface area contributed by atoms with Gasteiger partial charge in [-0.2, -0.15) is 0 Å². The molecule has 6 nitrogen and oxygen atoms in total. The van der Waals surface area contributed by atoms with Gasteiger partial charge in [0, 0.05) is 13.1 Å². The monoisotopic (exact) mass is 363 g/mol. The first-order valence-electron chi connectivity index (χ1n) is 10.6. The lowest BCUT2D eigenvalue weighted by Crippen LogP contribution is -2.48. The van der Waals surface area contributed by atoms with Crippen LogP contribution in [0.25, 0.3) is 0 Å². The van der Waals surface area contributed by atoms with Gasteiger partial charge in [-0.1, -0.05) is 32.1 Å². The Hall–Kier alpha value is -1.14. The number of carboxylic acids is 1. The SMILES string of the molecule is O=C(O)C1CC(C2CCCCC2)CN1C(=O)C1CC2(CCNCC2)CN1. The van der Waals surface area contributed by atoms with E-state index in [1.807, 2.05) is 0 Å². The van der Waals surface area contributed by atoms with Gasteiger partial charge in [0.2, 0.25) is 5.91 Å². The maximum Gasteiger partial charge on any atom is 0.326 e. The Balaban J connectivity index is 1.43. The molecule has 3 heterocycles. The molecule has 1 amide bonds. The standard InChI is InChI=1S/C20H33N3O3/c24-18(16-11-20(13-22-16)6-8-21-9-7-20)23-12-15(10-17(23)19(25)26)14-4-2-1-3-5-14/h14-17,21-22H,1-13H2,(H,25,26). The summed E-state index contributed by atoms with van der Waals surface area (Å²) in [6.45, 7) is 3.58. The molecule has 4 aliphatic rings. The zero-order chi connectivity index (χ0) is 18.1. The Morgan fingerprint density at radius 2 is 1.77 bits per heavy atom. The third-order valence-corrected chi connectivity index (χ3v) is 7.54. The molecule has 0 aromatic carbocycles.